The maximum absolute atomic E-state index is 12.1. The summed E-state index contributed by atoms with van der Waals surface area (Å²) in [7, 11) is 3.46. The smallest absolute Gasteiger partial charge is 0.255 e. The largest absolute Gasteiger partial charge is 0.399 e. The molecule has 1 aromatic heterocycles. The summed E-state index contributed by atoms with van der Waals surface area (Å²) in [4.78, 5) is 19.0. The Morgan fingerprint density at radius 2 is 2.20 bits per heavy atom. The minimum atomic E-state index is -0.0482. The van der Waals surface area contributed by atoms with Crippen molar-refractivity contribution >= 4 is 28.6 Å². The quantitative estimate of drug-likeness (QED) is 0.848. The first kappa shape index (κ1) is 14.3. The monoisotopic (exact) mass is 290 g/mol. The van der Waals surface area contributed by atoms with Gasteiger partial charge in [0.25, 0.3) is 5.91 Å². The lowest BCUT2D eigenvalue weighted by Crippen LogP contribution is -2.23. The molecule has 2 rings (SSSR count). The number of carbonyl (C=O) groups is 1. The van der Waals surface area contributed by atoms with Crippen molar-refractivity contribution in [1.82, 2.24) is 9.88 Å². The van der Waals surface area contributed by atoms with E-state index in [1.807, 2.05) is 13.1 Å². The average molecular weight is 290 g/mol. The highest BCUT2D eigenvalue weighted by Gasteiger charge is 2.13. The first-order chi connectivity index (χ1) is 9.47. The van der Waals surface area contributed by atoms with Crippen molar-refractivity contribution in [3.63, 3.8) is 0 Å². The van der Waals surface area contributed by atoms with Crippen LogP contribution in [0.5, 0.6) is 0 Å². The minimum Gasteiger partial charge on any atom is -0.399 e. The third kappa shape index (κ3) is 3.27. The number of aromatic nitrogens is 1. The molecular formula is C14H18N4OS. The third-order valence-electron chi connectivity index (χ3n) is 2.80. The Labute approximate surface area is 122 Å². The molecule has 5 nitrogen and oxygen atoms in total. The van der Waals surface area contributed by atoms with Gasteiger partial charge in [-0.3, -0.25) is 4.79 Å². The van der Waals surface area contributed by atoms with Gasteiger partial charge in [-0.05, 0) is 25.1 Å². The zero-order valence-electron chi connectivity index (χ0n) is 11.8. The average Bonchev–Trinajstić information content (AvgIpc) is 2.81. The number of aryl methyl sites for hydroxylation is 1. The van der Waals surface area contributed by atoms with Gasteiger partial charge in [0.1, 0.15) is 0 Å². The summed E-state index contributed by atoms with van der Waals surface area (Å²) in [6.07, 6.45) is 1.84. The van der Waals surface area contributed by atoms with E-state index >= 15 is 0 Å². The second-order valence-corrected chi connectivity index (χ2v) is 6.02. The second-order valence-electron chi connectivity index (χ2n) is 4.70. The molecule has 20 heavy (non-hydrogen) atoms. The topological polar surface area (TPSA) is 71.2 Å². The first-order valence-corrected chi connectivity index (χ1v) is 7.05. The van der Waals surface area contributed by atoms with Crippen molar-refractivity contribution in [3.8, 4) is 0 Å². The summed E-state index contributed by atoms with van der Waals surface area (Å²) in [5.41, 5.74) is 7.79. The number of thiazole rings is 1. The van der Waals surface area contributed by atoms with Gasteiger partial charge in [0, 0.05) is 36.5 Å². The molecular weight excluding hydrogens is 272 g/mol. The zero-order chi connectivity index (χ0) is 14.7. The van der Waals surface area contributed by atoms with Crippen molar-refractivity contribution < 1.29 is 4.79 Å². The van der Waals surface area contributed by atoms with Crippen molar-refractivity contribution in [2.75, 3.05) is 25.1 Å². The Morgan fingerprint density at radius 3 is 2.80 bits per heavy atom. The summed E-state index contributed by atoms with van der Waals surface area (Å²) >= 11 is 1.63. The highest BCUT2D eigenvalue weighted by Crippen LogP contribution is 2.22. The zero-order valence-corrected chi connectivity index (χ0v) is 12.6. The van der Waals surface area contributed by atoms with Gasteiger partial charge in [0.15, 0.2) is 0 Å². The number of hydrogen-bond donors (Lipinski definition) is 2. The first-order valence-electron chi connectivity index (χ1n) is 6.23. The Bertz CT molecular complexity index is 621. The lowest BCUT2D eigenvalue weighted by atomic mass is 10.1. The van der Waals surface area contributed by atoms with Crippen LogP contribution in [0.15, 0.2) is 24.4 Å². The van der Waals surface area contributed by atoms with Gasteiger partial charge in [-0.1, -0.05) is 0 Å². The van der Waals surface area contributed by atoms with Gasteiger partial charge < -0.3 is 16.0 Å². The number of benzene rings is 1. The lowest BCUT2D eigenvalue weighted by Gasteiger charge is -2.15. The summed E-state index contributed by atoms with van der Waals surface area (Å²) in [5, 5.41) is 4.29. The number of hydrogen-bond acceptors (Lipinski definition) is 5. The highest BCUT2D eigenvalue weighted by atomic mass is 32.1. The number of amides is 1. The molecule has 0 radical (unpaired) electrons. The van der Waals surface area contributed by atoms with E-state index in [0.717, 1.165) is 15.6 Å². The van der Waals surface area contributed by atoms with Crippen molar-refractivity contribution in [2.24, 2.45) is 0 Å². The van der Waals surface area contributed by atoms with Gasteiger partial charge in [0.2, 0.25) is 0 Å². The van der Waals surface area contributed by atoms with E-state index in [4.69, 9.17) is 5.73 Å². The van der Waals surface area contributed by atoms with Crippen LogP contribution < -0.4 is 11.1 Å². The van der Waals surface area contributed by atoms with Crippen molar-refractivity contribution in [3.05, 3.63) is 39.8 Å². The maximum atomic E-state index is 12.1. The minimum absolute atomic E-state index is 0.0482. The fourth-order valence-corrected chi connectivity index (χ4v) is 2.54. The predicted octanol–water partition coefficient (Wildman–Crippen LogP) is 2.35. The molecule has 0 unspecified atom stereocenters. The second kappa shape index (κ2) is 5.92. The predicted molar refractivity (Wildman–Crippen MR) is 83.0 cm³/mol. The SMILES string of the molecule is Cc1ncc(CNc2cc(N)ccc2C(=O)N(C)C)s1. The molecule has 0 spiro atoms. The van der Waals surface area contributed by atoms with E-state index in [0.29, 0.717) is 17.8 Å². The number of nitrogens with two attached hydrogens (primary N) is 1. The summed E-state index contributed by atoms with van der Waals surface area (Å²) in [6.45, 7) is 2.60. The fraction of sp³-hybridized carbons (Fsp3) is 0.286. The molecule has 0 aliphatic heterocycles. The molecule has 0 atom stereocenters. The number of anilines is 2. The molecule has 1 aromatic carbocycles. The van der Waals surface area contributed by atoms with Gasteiger partial charge in [-0.25, -0.2) is 4.98 Å². The van der Waals surface area contributed by atoms with E-state index in [1.165, 1.54) is 0 Å². The summed E-state index contributed by atoms with van der Waals surface area (Å²) in [5.74, 6) is -0.0482. The van der Waals surface area contributed by atoms with E-state index in [-0.39, 0.29) is 5.91 Å². The molecule has 3 N–H and O–H groups in total. The molecule has 0 fully saturated rings. The number of carbonyl (C=O) groups excluding carboxylic acids is 1. The van der Waals surface area contributed by atoms with E-state index in [2.05, 4.69) is 10.3 Å². The van der Waals surface area contributed by atoms with Crippen LogP contribution in [0.25, 0.3) is 0 Å². The molecule has 2 aromatic rings. The van der Waals surface area contributed by atoms with Crippen LogP contribution in [0, 0.1) is 6.92 Å². The van der Waals surface area contributed by atoms with Crippen LogP contribution in [-0.4, -0.2) is 29.9 Å². The van der Waals surface area contributed by atoms with Crippen LogP contribution in [0.4, 0.5) is 11.4 Å². The molecule has 0 bridgehead atoms. The van der Waals surface area contributed by atoms with Crippen molar-refractivity contribution in [1.29, 1.82) is 0 Å². The number of nitrogen functional groups attached to an aromatic ring is 1. The van der Waals surface area contributed by atoms with E-state index in [1.54, 1.807) is 48.5 Å². The molecule has 6 heteroatoms. The van der Waals surface area contributed by atoms with E-state index < -0.39 is 0 Å². The standard InChI is InChI=1S/C14H18N4OS/c1-9-16-7-11(20-9)8-17-13-6-10(15)4-5-12(13)14(19)18(2)3/h4-7,17H,8,15H2,1-3H3. The lowest BCUT2D eigenvalue weighted by molar-refractivity contribution is 0.0828. The molecule has 0 saturated heterocycles. The van der Waals surface area contributed by atoms with Gasteiger partial charge in [0.05, 0.1) is 17.1 Å². The third-order valence-corrected chi connectivity index (χ3v) is 3.72. The Kier molecular flexibility index (Phi) is 4.24. The highest BCUT2D eigenvalue weighted by molar-refractivity contribution is 7.11. The van der Waals surface area contributed by atoms with Crippen LogP contribution >= 0.6 is 11.3 Å². The number of nitrogens with one attached hydrogen (secondary N) is 1. The maximum Gasteiger partial charge on any atom is 0.255 e. The van der Waals surface area contributed by atoms with Gasteiger partial charge in [-0.2, -0.15) is 0 Å². The molecule has 1 amide bonds. The molecule has 106 valence electrons. The van der Waals surface area contributed by atoms with Gasteiger partial charge >= 0.3 is 0 Å². The van der Waals surface area contributed by atoms with Crippen LogP contribution in [0.2, 0.25) is 0 Å². The van der Waals surface area contributed by atoms with Crippen LogP contribution in [0.1, 0.15) is 20.2 Å². The molecule has 0 aliphatic rings. The fourth-order valence-electron chi connectivity index (χ4n) is 1.80. The number of rotatable bonds is 4. The Balaban J connectivity index is 2.21. The normalized spacial score (nSPS) is 10.3. The summed E-state index contributed by atoms with van der Waals surface area (Å²) in [6, 6.07) is 5.27. The molecule has 1 heterocycles. The number of nitrogens with zero attached hydrogens (tertiary/aromatic N) is 2. The molecule has 0 aliphatic carbocycles. The Hall–Kier alpha value is -2.08. The van der Waals surface area contributed by atoms with Crippen molar-refractivity contribution in [2.45, 2.75) is 13.5 Å². The van der Waals surface area contributed by atoms with E-state index in [9.17, 15) is 4.79 Å². The summed E-state index contributed by atoms with van der Waals surface area (Å²) < 4.78 is 0. The molecule has 0 saturated carbocycles. The Morgan fingerprint density at radius 1 is 1.45 bits per heavy atom. The van der Waals surface area contributed by atoms with Crippen LogP contribution in [-0.2, 0) is 6.54 Å². The van der Waals surface area contributed by atoms with Gasteiger partial charge in [-0.15, -0.1) is 11.3 Å². The van der Waals surface area contributed by atoms with Crippen LogP contribution in [0.3, 0.4) is 0 Å².